The fourth-order valence-corrected chi connectivity index (χ4v) is 6.10. The lowest BCUT2D eigenvalue weighted by atomic mass is 10.0. The normalized spacial score (nSPS) is 19.8. The minimum absolute atomic E-state index is 0.0609. The highest BCUT2D eigenvalue weighted by Gasteiger charge is 2.45. The standard InChI is InChI=1S/C26H35N5O8S/c1-26(2,3)39-25(36)30-14-17(15-30)40(37,38)28-12-6-4-5-11-27-16-7-8-18-19(13-16)24(35)31(23(18)34)20-9-10-21(32)29-22(20)33/h7-8,13,17,20,27-28H,4-6,9-12,14-15H2,1-3H3,(H,29,32,33). The molecule has 40 heavy (non-hydrogen) atoms. The number of hydrogen-bond acceptors (Lipinski definition) is 9. The smallest absolute Gasteiger partial charge is 0.410 e. The van der Waals surface area contributed by atoms with Crippen molar-refractivity contribution in [3.63, 3.8) is 0 Å². The van der Waals surface area contributed by atoms with Gasteiger partial charge in [-0.3, -0.25) is 29.4 Å². The molecule has 3 heterocycles. The van der Waals surface area contributed by atoms with E-state index < -0.39 is 56.6 Å². The maximum Gasteiger partial charge on any atom is 0.410 e. The van der Waals surface area contributed by atoms with Crippen molar-refractivity contribution in [3.8, 4) is 0 Å². The van der Waals surface area contributed by atoms with E-state index in [4.69, 9.17) is 4.74 Å². The number of nitrogens with zero attached hydrogens (tertiary/aromatic N) is 2. The Morgan fingerprint density at radius 1 is 1.02 bits per heavy atom. The third-order valence-corrected chi connectivity index (χ3v) is 8.65. The number of sulfonamides is 1. The SMILES string of the molecule is CC(C)(C)OC(=O)N1CC(S(=O)(=O)NCCCCCNc2ccc3c(c2)C(=O)N(C2CCC(=O)NC2=O)C3=O)C1. The first-order valence-corrected chi connectivity index (χ1v) is 14.9. The highest BCUT2D eigenvalue weighted by Crippen LogP contribution is 2.29. The summed E-state index contributed by atoms with van der Waals surface area (Å²) in [6, 6.07) is 3.80. The second-order valence-corrected chi connectivity index (χ2v) is 13.2. The molecule has 3 aliphatic rings. The van der Waals surface area contributed by atoms with E-state index in [0.717, 1.165) is 17.7 Å². The summed E-state index contributed by atoms with van der Waals surface area (Å²) in [4.78, 5) is 63.6. The first-order chi connectivity index (χ1) is 18.8. The molecule has 2 saturated heterocycles. The number of fused-ring (bicyclic) bond motifs is 1. The van der Waals surface area contributed by atoms with E-state index in [1.54, 1.807) is 39.0 Å². The Bertz CT molecular complexity index is 1320. The topological polar surface area (TPSA) is 171 Å². The van der Waals surface area contributed by atoms with Crippen molar-refractivity contribution >= 4 is 45.4 Å². The third kappa shape index (κ3) is 6.61. The van der Waals surface area contributed by atoms with Crippen molar-refractivity contribution in [2.75, 3.05) is 31.5 Å². The van der Waals surface area contributed by atoms with Crippen molar-refractivity contribution < 1.29 is 37.1 Å². The van der Waals surface area contributed by atoms with Crippen molar-refractivity contribution in [2.24, 2.45) is 0 Å². The Balaban J connectivity index is 1.16. The highest BCUT2D eigenvalue weighted by atomic mass is 32.2. The second-order valence-electron chi connectivity index (χ2n) is 11.1. The molecule has 0 aromatic heterocycles. The first kappa shape index (κ1) is 29.5. The van der Waals surface area contributed by atoms with Gasteiger partial charge in [0.15, 0.2) is 0 Å². The highest BCUT2D eigenvalue weighted by molar-refractivity contribution is 7.90. The second kappa shape index (κ2) is 11.5. The summed E-state index contributed by atoms with van der Waals surface area (Å²) in [5.41, 5.74) is 0.429. The van der Waals surface area contributed by atoms with Crippen LogP contribution in [-0.2, 0) is 24.3 Å². The van der Waals surface area contributed by atoms with Crippen LogP contribution in [0.25, 0.3) is 0 Å². The molecular formula is C26H35N5O8S. The minimum atomic E-state index is -3.52. The molecular weight excluding hydrogens is 542 g/mol. The number of hydrogen-bond donors (Lipinski definition) is 3. The fraction of sp³-hybridized carbons (Fsp3) is 0.577. The zero-order valence-corrected chi connectivity index (χ0v) is 23.6. The lowest BCUT2D eigenvalue weighted by molar-refractivity contribution is -0.136. The van der Waals surface area contributed by atoms with Crippen LogP contribution in [0.5, 0.6) is 0 Å². The van der Waals surface area contributed by atoms with Gasteiger partial charge in [-0.1, -0.05) is 6.42 Å². The molecule has 14 heteroatoms. The maximum absolute atomic E-state index is 12.9. The number of carbonyl (C=O) groups excluding carboxylic acids is 5. The molecule has 1 atom stereocenters. The van der Waals surface area contributed by atoms with Crippen LogP contribution in [0.2, 0.25) is 0 Å². The van der Waals surface area contributed by atoms with Gasteiger partial charge in [-0.05, 0) is 58.2 Å². The molecule has 13 nitrogen and oxygen atoms in total. The molecule has 3 aliphatic heterocycles. The number of rotatable bonds is 10. The van der Waals surface area contributed by atoms with Gasteiger partial charge in [-0.2, -0.15) is 0 Å². The van der Waals surface area contributed by atoms with Gasteiger partial charge in [-0.25, -0.2) is 17.9 Å². The van der Waals surface area contributed by atoms with Crippen LogP contribution in [0.4, 0.5) is 10.5 Å². The monoisotopic (exact) mass is 577 g/mol. The Morgan fingerprint density at radius 2 is 1.70 bits per heavy atom. The van der Waals surface area contributed by atoms with Crippen LogP contribution in [0.1, 0.15) is 73.6 Å². The Hall–Kier alpha value is -3.52. The molecule has 1 aromatic carbocycles. The first-order valence-electron chi connectivity index (χ1n) is 13.3. The summed E-state index contributed by atoms with van der Waals surface area (Å²) in [5.74, 6) is -2.19. The summed E-state index contributed by atoms with van der Waals surface area (Å²) < 4.78 is 32.7. The fourth-order valence-electron chi connectivity index (χ4n) is 4.68. The molecule has 218 valence electrons. The molecule has 4 rings (SSSR count). The van der Waals surface area contributed by atoms with E-state index in [9.17, 15) is 32.4 Å². The number of ether oxygens (including phenoxy) is 1. The quantitative estimate of drug-likeness (QED) is 0.273. The Kier molecular flexibility index (Phi) is 8.49. The largest absolute Gasteiger partial charge is 0.444 e. The van der Waals surface area contributed by atoms with Gasteiger partial charge in [0, 0.05) is 38.3 Å². The number of amides is 5. The summed E-state index contributed by atoms with van der Waals surface area (Å²) in [6.45, 7) is 6.33. The number of imide groups is 2. The van der Waals surface area contributed by atoms with Gasteiger partial charge >= 0.3 is 6.09 Å². The number of anilines is 1. The van der Waals surface area contributed by atoms with E-state index in [-0.39, 0.29) is 43.6 Å². The summed E-state index contributed by atoms with van der Waals surface area (Å²) >= 11 is 0. The molecule has 0 spiro atoms. The van der Waals surface area contributed by atoms with E-state index in [1.807, 2.05) is 0 Å². The van der Waals surface area contributed by atoms with Gasteiger partial charge in [0.1, 0.15) is 16.9 Å². The number of nitrogens with one attached hydrogen (secondary N) is 3. The van der Waals surface area contributed by atoms with Crippen LogP contribution in [0.15, 0.2) is 18.2 Å². The van der Waals surface area contributed by atoms with E-state index in [1.165, 1.54) is 4.90 Å². The zero-order chi connectivity index (χ0) is 29.2. The van der Waals surface area contributed by atoms with Crippen LogP contribution in [0, 0.1) is 0 Å². The average molecular weight is 578 g/mol. The van der Waals surface area contributed by atoms with Crippen molar-refractivity contribution in [1.29, 1.82) is 0 Å². The van der Waals surface area contributed by atoms with E-state index in [2.05, 4.69) is 15.4 Å². The van der Waals surface area contributed by atoms with Gasteiger partial charge in [0.05, 0.1) is 11.1 Å². The molecule has 0 saturated carbocycles. The average Bonchev–Trinajstić information content (AvgIpc) is 3.05. The summed E-state index contributed by atoms with van der Waals surface area (Å²) in [6.07, 6.45) is 1.76. The molecule has 0 aliphatic carbocycles. The minimum Gasteiger partial charge on any atom is -0.444 e. The number of benzene rings is 1. The third-order valence-electron chi connectivity index (χ3n) is 6.86. The van der Waals surface area contributed by atoms with Crippen molar-refractivity contribution in [2.45, 2.75) is 69.8 Å². The van der Waals surface area contributed by atoms with Crippen LogP contribution >= 0.6 is 0 Å². The van der Waals surface area contributed by atoms with Gasteiger partial charge in [0.2, 0.25) is 21.8 Å². The lowest BCUT2D eigenvalue weighted by Gasteiger charge is -2.39. The number of likely N-dealkylation sites (tertiary alicyclic amines) is 1. The van der Waals surface area contributed by atoms with Crippen molar-refractivity contribution in [1.82, 2.24) is 19.8 Å². The van der Waals surface area contributed by atoms with Gasteiger partial charge < -0.3 is 15.0 Å². The molecule has 3 N–H and O–H groups in total. The molecule has 1 aromatic rings. The molecule has 0 radical (unpaired) electrons. The lowest BCUT2D eigenvalue weighted by Crippen LogP contribution is -2.60. The van der Waals surface area contributed by atoms with Gasteiger partial charge in [0.25, 0.3) is 11.8 Å². The van der Waals surface area contributed by atoms with E-state index >= 15 is 0 Å². The molecule has 1 unspecified atom stereocenters. The molecule has 2 fully saturated rings. The van der Waals surface area contributed by atoms with Gasteiger partial charge in [-0.15, -0.1) is 0 Å². The summed E-state index contributed by atoms with van der Waals surface area (Å²) in [5, 5.41) is 4.72. The molecule has 5 amide bonds. The van der Waals surface area contributed by atoms with Crippen molar-refractivity contribution in [3.05, 3.63) is 29.3 Å². The van der Waals surface area contributed by atoms with E-state index in [0.29, 0.717) is 18.7 Å². The number of unbranched alkanes of at least 4 members (excludes halogenated alkanes) is 2. The number of carbonyl (C=O) groups is 5. The van der Waals surface area contributed by atoms with Crippen LogP contribution in [-0.4, -0.2) is 91.0 Å². The maximum atomic E-state index is 12.9. The van der Waals surface area contributed by atoms with Crippen LogP contribution < -0.4 is 15.4 Å². The predicted octanol–water partition coefficient (Wildman–Crippen LogP) is 1.21. The summed E-state index contributed by atoms with van der Waals surface area (Å²) in [7, 11) is -3.52. The Labute approximate surface area is 233 Å². The number of piperidine rings is 1. The molecule has 0 bridgehead atoms. The Morgan fingerprint density at radius 3 is 2.38 bits per heavy atom. The van der Waals surface area contributed by atoms with Crippen LogP contribution in [0.3, 0.4) is 0 Å². The predicted molar refractivity (Wildman–Crippen MR) is 144 cm³/mol. The zero-order valence-electron chi connectivity index (χ0n) is 22.8.